The van der Waals surface area contributed by atoms with Crippen molar-refractivity contribution in [1.82, 2.24) is 9.80 Å². The van der Waals surface area contributed by atoms with Gasteiger partial charge in [0.15, 0.2) is 0 Å². The lowest BCUT2D eigenvalue weighted by Crippen LogP contribution is -2.48. The fraction of sp³-hybridized carbons (Fsp3) is 0.524. The Kier molecular flexibility index (Phi) is 4.09. The minimum atomic E-state index is -0.615. The van der Waals surface area contributed by atoms with Crippen LogP contribution in [0.15, 0.2) is 36.4 Å². The van der Waals surface area contributed by atoms with E-state index in [2.05, 4.69) is 19.1 Å². The molecule has 2 unspecified atom stereocenters. The average Bonchev–Trinajstić information content (AvgIpc) is 3.30. The summed E-state index contributed by atoms with van der Waals surface area (Å²) in [4.78, 5) is 30.3. The van der Waals surface area contributed by atoms with E-state index in [4.69, 9.17) is 4.74 Å². The third-order valence-corrected chi connectivity index (χ3v) is 7.19. The second-order valence-corrected chi connectivity index (χ2v) is 9.25. The van der Waals surface area contributed by atoms with Crippen LogP contribution in [0.25, 0.3) is 0 Å². The Bertz CT molecular complexity index is 819. The fourth-order valence-electron chi connectivity index (χ4n) is 5.02. The number of carbonyl (C=O) groups excluding carboxylic acids is 2. The number of rotatable bonds is 3. The van der Waals surface area contributed by atoms with E-state index >= 15 is 0 Å². The molecule has 142 valence electrons. The van der Waals surface area contributed by atoms with E-state index in [1.807, 2.05) is 45.8 Å². The molecule has 2 amide bonds. The molecule has 4 aliphatic rings. The molecule has 5 rings (SSSR count). The molecule has 2 bridgehead atoms. The van der Waals surface area contributed by atoms with Crippen molar-refractivity contribution in [2.45, 2.75) is 25.2 Å². The Morgan fingerprint density at radius 3 is 2.93 bits per heavy atom. The standard InChI is InChI=1S/C21H24N2O3S/c1-14-3-2-4-15(11-14)12-23-13-21-6-5-16(26-21)17(18(21)20(23)25)19(24)22-7-9-27-10-8-22/h2-6,11,16-18H,7-10,12-13H2,1H3/t16-,17?,18?,21-/m1/s1. The molecule has 0 aromatic heterocycles. The molecule has 1 spiro atoms. The van der Waals surface area contributed by atoms with Gasteiger partial charge in [-0.3, -0.25) is 9.59 Å². The van der Waals surface area contributed by atoms with E-state index in [-0.39, 0.29) is 29.8 Å². The summed E-state index contributed by atoms with van der Waals surface area (Å²) in [6, 6.07) is 8.24. The fourth-order valence-corrected chi connectivity index (χ4v) is 5.92. The molecule has 3 saturated heterocycles. The van der Waals surface area contributed by atoms with Crippen molar-refractivity contribution in [1.29, 1.82) is 0 Å². The van der Waals surface area contributed by atoms with Gasteiger partial charge in [0.05, 0.1) is 24.5 Å². The largest absolute Gasteiger partial charge is 0.360 e. The van der Waals surface area contributed by atoms with Gasteiger partial charge in [-0.05, 0) is 12.5 Å². The van der Waals surface area contributed by atoms with Gasteiger partial charge < -0.3 is 14.5 Å². The van der Waals surface area contributed by atoms with E-state index < -0.39 is 5.60 Å². The molecule has 5 nitrogen and oxygen atoms in total. The van der Waals surface area contributed by atoms with Gasteiger partial charge in [0, 0.05) is 31.1 Å². The van der Waals surface area contributed by atoms with Crippen LogP contribution in [0.4, 0.5) is 0 Å². The van der Waals surface area contributed by atoms with Crippen molar-refractivity contribution in [2.24, 2.45) is 11.8 Å². The predicted octanol–water partition coefficient (Wildman–Crippen LogP) is 1.85. The lowest BCUT2D eigenvalue weighted by Gasteiger charge is -2.32. The summed E-state index contributed by atoms with van der Waals surface area (Å²) >= 11 is 1.88. The zero-order valence-electron chi connectivity index (χ0n) is 15.5. The van der Waals surface area contributed by atoms with Crippen LogP contribution in [0.1, 0.15) is 11.1 Å². The van der Waals surface area contributed by atoms with Crippen LogP contribution in [0.3, 0.4) is 0 Å². The van der Waals surface area contributed by atoms with Crippen molar-refractivity contribution in [3.05, 3.63) is 47.5 Å². The minimum Gasteiger partial charge on any atom is -0.360 e. The molecule has 6 heteroatoms. The average molecular weight is 385 g/mol. The van der Waals surface area contributed by atoms with Gasteiger partial charge >= 0.3 is 0 Å². The number of carbonyl (C=O) groups is 2. The first-order chi connectivity index (χ1) is 13.1. The van der Waals surface area contributed by atoms with Crippen molar-refractivity contribution in [3.8, 4) is 0 Å². The Morgan fingerprint density at radius 1 is 1.33 bits per heavy atom. The number of thioether (sulfide) groups is 1. The van der Waals surface area contributed by atoms with E-state index in [1.165, 1.54) is 5.56 Å². The van der Waals surface area contributed by atoms with E-state index in [9.17, 15) is 9.59 Å². The molecule has 1 aromatic rings. The quantitative estimate of drug-likeness (QED) is 0.747. The van der Waals surface area contributed by atoms with Crippen LogP contribution in [0.5, 0.6) is 0 Å². The summed E-state index contributed by atoms with van der Waals surface area (Å²) in [5.41, 5.74) is 1.69. The lowest BCUT2D eigenvalue weighted by molar-refractivity contribution is -0.143. The van der Waals surface area contributed by atoms with Gasteiger partial charge in [-0.2, -0.15) is 11.8 Å². The molecular weight excluding hydrogens is 360 g/mol. The number of hydrogen-bond acceptors (Lipinski definition) is 4. The van der Waals surface area contributed by atoms with Gasteiger partial charge in [-0.1, -0.05) is 42.0 Å². The molecule has 4 aliphatic heterocycles. The van der Waals surface area contributed by atoms with Crippen LogP contribution in [-0.4, -0.2) is 64.5 Å². The monoisotopic (exact) mass is 384 g/mol. The zero-order chi connectivity index (χ0) is 18.6. The molecule has 27 heavy (non-hydrogen) atoms. The maximum atomic E-state index is 13.3. The highest BCUT2D eigenvalue weighted by Crippen LogP contribution is 2.52. The summed E-state index contributed by atoms with van der Waals surface area (Å²) in [5.74, 6) is 1.37. The lowest BCUT2D eigenvalue weighted by atomic mass is 9.76. The first-order valence-corrected chi connectivity index (χ1v) is 10.8. The summed E-state index contributed by atoms with van der Waals surface area (Å²) in [6.45, 7) is 4.72. The van der Waals surface area contributed by atoms with Crippen molar-refractivity contribution < 1.29 is 14.3 Å². The number of nitrogens with zero attached hydrogens (tertiary/aromatic N) is 2. The van der Waals surface area contributed by atoms with Gasteiger partial charge in [-0.25, -0.2) is 0 Å². The number of hydrogen-bond donors (Lipinski definition) is 0. The normalized spacial score (nSPS) is 34.4. The highest BCUT2D eigenvalue weighted by atomic mass is 32.2. The highest BCUT2D eigenvalue weighted by molar-refractivity contribution is 7.99. The molecule has 4 atom stereocenters. The maximum Gasteiger partial charge on any atom is 0.230 e. The predicted molar refractivity (Wildman–Crippen MR) is 104 cm³/mol. The van der Waals surface area contributed by atoms with Crippen molar-refractivity contribution in [3.63, 3.8) is 0 Å². The maximum absolute atomic E-state index is 13.3. The molecule has 0 aliphatic carbocycles. The number of fused-ring (bicyclic) bond motifs is 1. The number of aryl methyl sites for hydroxylation is 1. The molecule has 0 saturated carbocycles. The number of likely N-dealkylation sites (tertiary alicyclic amines) is 1. The van der Waals surface area contributed by atoms with Crippen LogP contribution in [-0.2, 0) is 20.9 Å². The van der Waals surface area contributed by atoms with Gasteiger partial charge in [-0.15, -0.1) is 0 Å². The van der Waals surface area contributed by atoms with Crippen molar-refractivity contribution >= 4 is 23.6 Å². The number of amides is 2. The molecule has 0 radical (unpaired) electrons. The molecule has 0 N–H and O–H groups in total. The highest BCUT2D eigenvalue weighted by Gasteiger charge is 2.67. The van der Waals surface area contributed by atoms with Gasteiger partial charge in [0.25, 0.3) is 0 Å². The third kappa shape index (κ3) is 2.72. The smallest absolute Gasteiger partial charge is 0.230 e. The summed E-state index contributed by atoms with van der Waals surface area (Å²) in [5, 5.41) is 0. The van der Waals surface area contributed by atoms with Gasteiger partial charge in [0.1, 0.15) is 5.60 Å². The molecule has 1 aromatic carbocycles. The third-order valence-electron chi connectivity index (χ3n) is 6.24. The topological polar surface area (TPSA) is 49.9 Å². The van der Waals surface area contributed by atoms with Gasteiger partial charge in [0.2, 0.25) is 11.8 Å². The Labute approximate surface area is 163 Å². The summed E-state index contributed by atoms with van der Waals surface area (Å²) in [7, 11) is 0. The van der Waals surface area contributed by atoms with E-state index in [0.29, 0.717) is 13.1 Å². The second kappa shape index (κ2) is 6.38. The van der Waals surface area contributed by atoms with Crippen molar-refractivity contribution in [2.75, 3.05) is 31.1 Å². The molecule has 3 fully saturated rings. The van der Waals surface area contributed by atoms with Crippen LogP contribution in [0, 0.1) is 18.8 Å². The minimum absolute atomic E-state index is 0.0630. The Hall–Kier alpha value is -1.79. The second-order valence-electron chi connectivity index (χ2n) is 8.02. The first-order valence-electron chi connectivity index (χ1n) is 9.65. The SMILES string of the molecule is Cc1cccc(CN2C[C@@]34C=C[C@@H](O3)C(C(=O)N3CCSCC3)C4C2=O)c1. The first kappa shape index (κ1) is 17.3. The Balaban J connectivity index is 1.39. The zero-order valence-corrected chi connectivity index (χ0v) is 16.3. The molecule has 4 heterocycles. The number of ether oxygens (including phenoxy) is 1. The molecular formula is C21H24N2O3S. The van der Waals surface area contributed by atoms with E-state index in [1.54, 1.807) is 0 Å². The summed E-state index contributed by atoms with van der Waals surface area (Å²) in [6.07, 6.45) is 3.79. The van der Waals surface area contributed by atoms with Crippen LogP contribution >= 0.6 is 11.8 Å². The van der Waals surface area contributed by atoms with E-state index in [0.717, 1.165) is 30.2 Å². The number of benzene rings is 1. The summed E-state index contributed by atoms with van der Waals surface area (Å²) < 4.78 is 6.24. The Morgan fingerprint density at radius 2 is 2.15 bits per heavy atom. The van der Waals surface area contributed by atoms with Crippen LogP contribution < -0.4 is 0 Å². The van der Waals surface area contributed by atoms with Crippen LogP contribution in [0.2, 0.25) is 0 Å².